The lowest BCUT2D eigenvalue weighted by molar-refractivity contribution is 0.160. The van der Waals surface area contributed by atoms with Crippen molar-refractivity contribution in [1.82, 2.24) is 0 Å². The molecule has 1 aromatic rings. The molecule has 0 aliphatic carbocycles. The Morgan fingerprint density at radius 2 is 2.00 bits per heavy atom. The van der Waals surface area contributed by atoms with Crippen LogP contribution in [0, 0.1) is 6.92 Å². The highest BCUT2D eigenvalue weighted by Gasteiger charge is 2.04. The predicted octanol–water partition coefficient (Wildman–Crippen LogP) is 1.81. The molecule has 2 unspecified atom stereocenters. The minimum Gasteiger partial charge on any atom is -0.393 e. The van der Waals surface area contributed by atoms with Crippen LogP contribution >= 0.6 is 0 Å². The second-order valence-corrected chi connectivity index (χ2v) is 4.68. The zero-order valence-corrected chi connectivity index (χ0v) is 9.79. The van der Waals surface area contributed by atoms with Gasteiger partial charge in [0, 0.05) is 0 Å². The first-order valence-electron chi connectivity index (χ1n) is 4.89. The Morgan fingerprint density at radius 3 is 2.53 bits per heavy atom. The molecule has 1 N–H and O–H groups in total. The summed E-state index contributed by atoms with van der Waals surface area (Å²) in [5, 5.41) is 8.99. The van der Waals surface area contributed by atoms with E-state index in [4.69, 9.17) is 9.29 Å². The Hall–Kier alpha value is -0.710. The number of aryl methyl sites for hydroxylation is 1. The van der Waals surface area contributed by atoms with Crippen molar-refractivity contribution in [3.8, 4) is 0 Å². The van der Waals surface area contributed by atoms with Gasteiger partial charge in [0.1, 0.15) is 0 Å². The number of rotatable bonds is 5. The molecule has 0 spiro atoms. The number of aliphatic hydroxyl groups is 1. The first kappa shape index (κ1) is 12.4. The molecule has 1 aromatic carbocycles. The number of hydrogen-bond donors (Lipinski definition) is 1. The van der Waals surface area contributed by atoms with Crippen molar-refractivity contribution in [2.24, 2.45) is 0 Å². The fourth-order valence-corrected chi connectivity index (χ4v) is 1.75. The average Bonchev–Trinajstić information content (AvgIpc) is 2.18. The summed E-state index contributed by atoms with van der Waals surface area (Å²) in [5.41, 5.74) is 1.12. The zero-order chi connectivity index (χ0) is 11.3. The topological polar surface area (TPSA) is 46.5 Å². The summed E-state index contributed by atoms with van der Waals surface area (Å²) in [7, 11) is 0. The van der Waals surface area contributed by atoms with Crippen molar-refractivity contribution in [3.63, 3.8) is 0 Å². The van der Waals surface area contributed by atoms with Gasteiger partial charge in [-0.2, -0.15) is 0 Å². The highest BCUT2D eigenvalue weighted by atomic mass is 32.2. The second-order valence-electron chi connectivity index (χ2n) is 3.51. The predicted molar refractivity (Wildman–Crippen MR) is 59.8 cm³/mol. The lowest BCUT2D eigenvalue weighted by Gasteiger charge is -2.05. The molecule has 2 atom stereocenters. The van der Waals surface area contributed by atoms with Crippen molar-refractivity contribution < 1.29 is 13.5 Å². The summed E-state index contributed by atoms with van der Waals surface area (Å²) in [5.74, 6) is 0. The fourth-order valence-electron chi connectivity index (χ4n) is 1.01. The Morgan fingerprint density at radius 1 is 1.40 bits per heavy atom. The summed E-state index contributed by atoms with van der Waals surface area (Å²) in [6.45, 7) is 3.96. The monoisotopic (exact) mass is 228 g/mol. The molecule has 3 nitrogen and oxygen atoms in total. The smallest absolute Gasteiger partial charge is 0.189 e. The highest BCUT2D eigenvalue weighted by Crippen LogP contribution is 2.09. The van der Waals surface area contributed by atoms with E-state index in [9.17, 15) is 4.21 Å². The van der Waals surface area contributed by atoms with Gasteiger partial charge in [0.15, 0.2) is 11.1 Å². The van der Waals surface area contributed by atoms with Gasteiger partial charge >= 0.3 is 0 Å². The number of hydrogen-bond acceptors (Lipinski definition) is 3. The molecular formula is C11H16O3S. The van der Waals surface area contributed by atoms with Gasteiger partial charge in [-0.15, -0.1) is 0 Å². The quantitative estimate of drug-likeness (QED) is 0.836. The molecule has 15 heavy (non-hydrogen) atoms. The van der Waals surface area contributed by atoms with Crippen LogP contribution in [-0.2, 0) is 15.3 Å². The summed E-state index contributed by atoms with van der Waals surface area (Å²) in [6, 6.07) is 7.36. The third-order valence-corrected chi connectivity index (χ3v) is 2.98. The van der Waals surface area contributed by atoms with Crippen molar-refractivity contribution in [2.45, 2.75) is 31.3 Å². The Kier molecular flexibility index (Phi) is 4.94. The number of aliphatic hydroxyl groups excluding tert-OH is 1. The van der Waals surface area contributed by atoms with E-state index >= 15 is 0 Å². The van der Waals surface area contributed by atoms with Crippen molar-refractivity contribution in [2.75, 3.05) is 6.61 Å². The molecule has 0 aliphatic heterocycles. The second kappa shape index (κ2) is 6.00. The van der Waals surface area contributed by atoms with Gasteiger partial charge in [0.05, 0.1) is 17.6 Å². The molecule has 0 aromatic heterocycles. The minimum absolute atomic E-state index is 0.304. The first-order chi connectivity index (χ1) is 7.09. The molecule has 0 aliphatic rings. The van der Waals surface area contributed by atoms with Crippen LogP contribution in [0.25, 0.3) is 0 Å². The van der Waals surface area contributed by atoms with Gasteiger partial charge in [-0.1, -0.05) is 17.7 Å². The standard InChI is InChI=1S/C11H16O3S/c1-9-3-5-11(6-4-9)15(13)14-8-7-10(2)12/h3-6,10,12H,7-8H2,1-2H3. The molecule has 0 heterocycles. The van der Waals surface area contributed by atoms with Gasteiger partial charge in [-0.05, 0) is 32.4 Å². The van der Waals surface area contributed by atoms with Crippen LogP contribution in [0.5, 0.6) is 0 Å². The molecule has 1 rings (SSSR count). The van der Waals surface area contributed by atoms with Gasteiger partial charge < -0.3 is 5.11 Å². The molecule has 0 saturated heterocycles. The molecule has 0 saturated carbocycles. The first-order valence-corrected chi connectivity index (χ1v) is 5.97. The highest BCUT2D eigenvalue weighted by molar-refractivity contribution is 7.80. The van der Waals surface area contributed by atoms with E-state index < -0.39 is 17.2 Å². The maximum Gasteiger partial charge on any atom is 0.189 e. The minimum atomic E-state index is -1.42. The van der Waals surface area contributed by atoms with E-state index in [1.165, 1.54) is 0 Å². The average molecular weight is 228 g/mol. The van der Waals surface area contributed by atoms with Crippen molar-refractivity contribution in [3.05, 3.63) is 29.8 Å². The molecular weight excluding hydrogens is 212 g/mol. The van der Waals surface area contributed by atoms with E-state index in [-0.39, 0.29) is 0 Å². The molecule has 84 valence electrons. The fraction of sp³-hybridized carbons (Fsp3) is 0.455. The van der Waals surface area contributed by atoms with Crippen LogP contribution in [0.15, 0.2) is 29.2 Å². The van der Waals surface area contributed by atoms with Crippen LogP contribution in [0.2, 0.25) is 0 Å². The third kappa shape index (κ3) is 4.55. The molecule has 0 radical (unpaired) electrons. The van der Waals surface area contributed by atoms with Crippen LogP contribution < -0.4 is 0 Å². The van der Waals surface area contributed by atoms with Gasteiger partial charge in [-0.3, -0.25) is 4.18 Å². The molecule has 0 fully saturated rings. The SMILES string of the molecule is Cc1ccc(S(=O)OCCC(C)O)cc1. The van der Waals surface area contributed by atoms with E-state index in [0.717, 1.165) is 5.56 Å². The maximum absolute atomic E-state index is 11.5. The van der Waals surface area contributed by atoms with Crippen LogP contribution in [-0.4, -0.2) is 22.0 Å². The Bertz CT molecular complexity index is 319. The third-order valence-electron chi connectivity index (χ3n) is 1.94. The Labute approximate surface area is 92.7 Å². The summed E-state index contributed by atoms with van der Waals surface area (Å²) in [4.78, 5) is 0.659. The van der Waals surface area contributed by atoms with E-state index in [0.29, 0.717) is 17.9 Å². The molecule has 0 bridgehead atoms. The maximum atomic E-state index is 11.5. The van der Waals surface area contributed by atoms with E-state index in [1.54, 1.807) is 19.1 Å². The largest absolute Gasteiger partial charge is 0.393 e. The zero-order valence-electron chi connectivity index (χ0n) is 8.97. The van der Waals surface area contributed by atoms with Gasteiger partial charge in [-0.25, -0.2) is 4.21 Å². The van der Waals surface area contributed by atoms with Crippen LogP contribution in [0.1, 0.15) is 18.9 Å². The summed E-state index contributed by atoms with van der Waals surface area (Å²) in [6.07, 6.45) is 0.0810. The molecule has 0 amide bonds. The van der Waals surface area contributed by atoms with E-state index in [1.807, 2.05) is 19.1 Å². The lowest BCUT2D eigenvalue weighted by atomic mass is 10.2. The summed E-state index contributed by atoms with van der Waals surface area (Å²) < 4.78 is 16.6. The normalized spacial score (nSPS) is 14.9. The Balaban J connectivity index is 2.43. The van der Waals surface area contributed by atoms with Gasteiger partial charge in [0.25, 0.3) is 0 Å². The van der Waals surface area contributed by atoms with E-state index in [2.05, 4.69) is 0 Å². The van der Waals surface area contributed by atoms with Crippen LogP contribution in [0.4, 0.5) is 0 Å². The summed E-state index contributed by atoms with van der Waals surface area (Å²) >= 11 is -1.42. The van der Waals surface area contributed by atoms with Crippen molar-refractivity contribution in [1.29, 1.82) is 0 Å². The van der Waals surface area contributed by atoms with Gasteiger partial charge in [0.2, 0.25) is 0 Å². The number of benzene rings is 1. The van der Waals surface area contributed by atoms with Crippen molar-refractivity contribution >= 4 is 11.1 Å². The molecule has 4 heteroatoms. The lowest BCUT2D eigenvalue weighted by Crippen LogP contribution is -2.07. The van der Waals surface area contributed by atoms with Crippen LogP contribution in [0.3, 0.4) is 0 Å².